The van der Waals surface area contributed by atoms with Crippen molar-refractivity contribution < 1.29 is 4.74 Å². The van der Waals surface area contributed by atoms with Gasteiger partial charge in [0.15, 0.2) is 0 Å². The van der Waals surface area contributed by atoms with Gasteiger partial charge in [-0.25, -0.2) is 0 Å². The monoisotopic (exact) mass is 223 g/mol. The minimum absolute atomic E-state index is 0.568. The Morgan fingerprint density at radius 2 is 1.65 bits per heavy atom. The van der Waals surface area contributed by atoms with Crippen LogP contribution < -0.4 is 4.74 Å². The Balaban J connectivity index is 1.77. The van der Waals surface area contributed by atoms with Gasteiger partial charge in [-0.1, -0.05) is 36.4 Å². The van der Waals surface area contributed by atoms with Crippen LogP contribution in [0.25, 0.3) is 10.9 Å². The smallest absolute Gasteiger partial charge is 0.128 e. The van der Waals surface area contributed by atoms with E-state index in [1.165, 1.54) is 5.39 Å². The molecular weight excluding hydrogens is 210 g/mol. The average Bonchev–Trinajstić information content (AvgIpc) is 2.80. The molecule has 0 bridgehead atoms. The van der Waals surface area contributed by atoms with Crippen LogP contribution >= 0.6 is 0 Å². The summed E-state index contributed by atoms with van der Waals surface area (Å²) in [7, 11) is 0. The van der Waals surface area contributed by atoms with Gasteiger partial charge in [0, 0.05) is 5.52 Å². The summed E-state index contributed by atoms with van der Waals surface area (Å²) in [6.07, 6.45) is 0. The standard InChI is InChI=1S/C15H13NO/c1-2-7-14(8-3-1)17-11-13-10-12-6-4-5-9-15(12)16-13/h1-10,16H,11H2. The van der Waals surface area contributed by atoms with Crippen LogP contribution in [0.2, 0.25) is 0 Å². The molecule has 0 saturated carbocycles. The first-order valence-electron chi connectivity index (χ1n) is 5.66. The number of aromatic amines is 1. The minimum atomic E-state index is 0.568. The summed E-state index contributed by atoms with van der Waals surface area (Å²) in [4.78, 5) is 3.34. The van der Waals surface area contributed by atoms with Crippen molar-refractivity contribution in [1.29, 1.82) is 0 Å². The van der Waals surface area contributed by atoms with Crippen molar-refractivity contribution in [1.82, 2.24) is 4.98 Å². The van der Waals surface area contributed by atoms with Gasteiger partial charge in [0.25, 0.3) is 0 Å². The molecule has 1 N–H and O–H groups in total. The van der Waals surface area contributed by atoms with Crippen LogP contribution in [-0.2, 0) is 6.61 Å². The van der Waals surface area contributed by atoms with Gasteiger partial charge in [0.2, 0.25) is 0 Å². The van der Waals surface area contributed by atoms with E-state index < -0.39 is 0 Å². The lowest BCUT2D eigenvalue weighted by molar-refractivity contribution is 0.302. The zero-order valence-electron chi connectivity index (χ0n) is 9.39. The summed E-state index contributed by atoms with van der Waals surface area (Å²) in [6.45, 7) is 0.568. The molecule has 2 nitrogen and oxygen atoms in total. The maximum atomic E-state index is 5.69. The molecule has 0 aliphatic heterocycles. The van der Waals surface area contributed by atoms with Crippen LogP contribution in [-0.4, -0.2) is 4.98 Å². The number of H-pyrrole nitrogens is 1. The molecule has 3 rings (SSSR count). The van der Waals surface area contributed by atoms with Crippen molar-refractivity contribution in [2.45, 2.75) is 6.61 Å². The summed E-state index contributed by atoms with van der Waals surface area (Å²) >= 11 is 0. The maximum absolute atomic E-state index is 5.69. The zero-order valence-corrected chi connectivity index (χ0v) is 9.39. The summed E-state index contributed by atoms with van der Waals surface area (Å²) in [5, 5.41) is 1.22. The Morgan fingerprint density at radius 3 is 2.47 bits per heavy atom. The molecule has 0 spiro atoms. The fourth-order valence-corrected chi connectivity index (χ4v) is 1.89. The highest BCUT2D eigenvalue weighted by Gasteiger charge is 2.00. The number of aromatic nitrogens is 1. The lowest BCUT2D eigenvalue weighted by Crippen LogP contribution is -1.94. The fraction of sp³-hybridized carbons (Fsp3) is 0.0667. The Hall–Kier alpha value is -2.22. The number of hydrogen-bond donors (Lipinski definition) is 1. The number of hydrogen-bond acceptors (Lipinski definition) is 1. The van der Waals surface area contributed by atoms with Crippen molar-refractivity contribution in [2.75, 3.05) is 0 Å². The molecular formula is C15H13NO. The lowest BCUT2D eigenvalue weighted by Gasteiger charge is -2.03. The second kappa shape index (κ2) is 4.34. The predicted octanol–water partition coefficient (Wildman–Crippen LogP) is 3.75. The summed E-state index contributed by atoms with van der Waals surface area (Å²) in [5.41, 5.74) is 2.24. The van der Waals surface area contributed by atoms with E-state index in [1.807, 2.05) is 42.5 Å². The van der Waals surface area contributed by atoms with E-state index in [-0.39, 0.29) is 0 Å². The molecule has 0 unspecified atom stereocenters. The van der Waals surface area contributed by atoms with Crippen molar-refractivity contribution in [3.8, 4) is 5.75 Å². The van der Waals surface area contributed by atoms with E-state index in [2.05, 4.69) is 23.2 Å². The number of benzene rings is 2. The molecule has 17 heavy (non-hydrogen) atoms. The van der Waals surface area contributed by atoms with Gasteiger partial charge in [-0.2, -0.15) is 0 Å². The second-order valence-electron chi connectivity index (χ2n) is 3.98. The van der Waals surface area contributed by atoms with Crippen LogP contribution in [0.1, 0.15) is 5.69 Å². The van der Waals surface area contributed by atoms with Crippen molar-refractivity contribution in [2.24, 2.45) is 0 Å². The van der Waals surface area contributed by atoms with Crippen LogP contribution in [0.15, 0.2) is 60.7 Å². The molecule has 0 saturated heterocycles. The maximum Gasteiger partial charge on any atom is 0.128 e. The number of nitrogens with one attached hydrogen (secondary N) is 1. The Kier molecular flexibility index (Phi) is 2.54. The van der Waals surface area contributed by atoms with E-state index >= 15 is 0 Å². The molecule has 0 fully saturated rings. The Bertz CT molecular complexity index is 580. The highest BCUT2D eigenvalue weighted by molar-refractivity contribution is 5.80. The van der Waals surface area contributed by atoms with Crippen LogP contribution in [0.5, 0.6) is 5.75 Å². The van der Waals surface area contributed by atoms with Gasteiger partial charge in [0.1, 0.15) is 12.4 Å². The Labute approximate surface area is 99.9 Å². The van der Waals surface area contributed by atoms with Gasteiger partial charge >= 0.3 is 0 Å². The SMILES string of the molecule is c1ccc(OCc2cc3ccccc3[nH]2)cc1. The minimum Gasteiger partial charge on any atom is -0.487 e. The summed E-state index contributed by atoms with van der Waals surface area (Å²) in [6, 6.07) is 20.2. The van der Waals surface area contributed by atoms with Gasteiger partial charge in [-0.15, -0.1) is 0 Å². The van der Waals surface area contributed by atoms with Crippen molar-refractivity contribution >= 4 is 10.9 Å². The third kappa shape index (κ3) is 2.16. The molecule has 0 aliphatic carbocycles. The van der Waals surface area contributed by atoms with Crippen LogP contribution in [0, 0.1) is 0 Å². The third-order valence-corrected chi connectivity index (χ3v) is 2.72. The number of rotatable bonds is 3. The molecule has 0 atom stereocenters. The van der Waals surface area contributed by atoms with Gasteiger partial charge in [0.05, 0.1) is 5.69 Å². The molecule has 3 aromatic rings. The topological polar surface area (TPSA) is 25.0 Å². The number of fused-ring (bicyclic) bond motifs is 1. The third-order valence-electron chi connectivity index (χ3n) is 2.72. The van der Waals surface area contributed by atoms with E-state index in [0.29, 0.717) is 6.61 Å². The van der Waals surface area contributed by atoms with Gasteiger partial charge in [-0.3, -0.25) is 0 Å². The summed E-state index contributed by atoms with van der Waals surface area (Å²) in [5.74, 6) is 0.895. The molecule has 1 aromatic heterocycles. The van der Waals surface area contributed by atoms with E-state index in [0.717, 1.165) is 17.0 Å². The first-order chi connectivity index (χ1) is 8.42. The number of ether oxygens (including phenoxy) is 1. The van der Waals surface area contributed by atoms with Crippen LogP contribution in [0.4, 0.5) is 0 Å². The van der Waals surface area contributed by atoms with E-state index in [1.54, 1.807) is 0 Å². The molecule has 0 aliphatic rings. The normalized spacial score (nSPS) is 10.6. The molecule has 2 aromatic carbocycles. The first-order valence-corrected chi connectivity index (χ1v) is 5.66. The van der Waals surface area contributed by atoms with E-state index in [9.17, 15) is 0 Å². The quantitative estimate of drug-likeness (QED) is 0.718. The highest BCUT2D eigenvalue weighted by atomic mass is 16.5. The van der Waals surface area contributed by atoms with E-state index in [4.69, 9.17) is 4.74 Å². The van der Waals surface area contributed by atoms with Gasteiger partial charge in [-0.05, 0) is 29.7 Å². The Morgan fingerprint density at radius 1 is 0.882 bits per heavy atom. The zero-order chi connectivity index (χ0) is 11.5. The largest absolute Gasteiger partial charge is 0.487 e. The molecule has 2 heteroatoms. The van der Waals surface area contributed by atoms with Gasteiger partial charge < -0.3 is 9.72 Å². The fourth-order valence-electron chi connectivity index (χ4n) is 1.89. The van der Waals surface area contributed by atoms with Crippen LogP contribution in [0.3, 0.4) is 0 Å². The first kappa shape index (κ1) is 9.97. The average molecular weight is 223 g/mol. The molecule has 0 radical (unpaired) electrons. The van der Waals surface area contributed by atoms with Crippen molar-refractivity contribution in [3.63, 3.8) is 0 Å². The molecule has 0 amide bonds. The molecule has 84 valence electrons. The highest BCUT2D eigenvalue weighted by Crippen LogP contribution is 2.16. The van der Waals surface area contributed by atoms with Crippen molar-refractivity contribution in [3.05, 3.63) is 66.4 Å². The number of para-hydroxylation sites is 2. The summed E-state index contributed by atoms with van der Waals surface area (Å²) < 4.78 is 5.69. The lowest BCUT2D eigenvalue weighted by atomic mass is 10.2. The predicted molar refractivity (Wildman–Crippen MR) is 69.1 cm³/mol. The molecule has 1 heterocycles. The second-order valence-corrected chi connectivity index (χ2v) is 3.98.